The Morgan fingerprint density at radius 1 is 1.56 bits per heavy atom. The number of rotatable bonds is 2. The highest BCUT2D eigenvalue weighted by molar-refractivity contribution is 5.82. The lowest BCUT2D eigenvalue weighted by Gasteiger charge is -2.21. The summed E-state index contributed by atoms with van der Waals surface area (Å²) < 4.78 is 26.6. The van der Waals surface area contributed by atoms with Gasteiger partial charge in [0.2, 0.25) is 0 Å². The number of aliphatic carboxylic acids is 1. The summed E-state index contributed by atoms with van der Waals surface area (Å²) in [5.74, 6) is -3.09. The SMILES string of the molecule is CC1Nc2ccc(F)c(F)c2N1CC(=O)O. The first-order chi connectivity index (χ1) is 7.50. The largest absolute Gasteiger partial charge is 0.480 e. The second kappa shape index (κ2) is 3.62. The molecule has 0 spiro atoms. The van der Waals surface area contributed by atoms with E-state index < -0.39 is 17.6 Å². The summed E-state index contributed by atoms with van der Waals surface area (Å²) in [7, 11) is 0. The third kappa shape index (κ3) is 1.56. The fourth-order valence-corrected chi connectivity index (χ4v) is 1.80. The minimum atomic E-state index is -1.09. The van der Waals surface area contributed by atoms with Gasteiger partial charge in [-0.15, -0.1) is 0 Å². The number of carboxylic acid groups (broad SMARTS) is 1. The van der Waals surface area contributed by atoms with Gasteiger partial charge in [0.1, 0.15) is 12.2 Å². The van der Waals surface area contributed by atoms with Crippen LogP contribution in [0.2, 0.25) is 0 Å². The van der Waals surface area contributed by atoms with E-state index in [1.165, 1.54) is 11.0 Å². The van der Waals surface area contributed by atoms with Crippen LogP contribution in [0.1, 0.15) is 6.92 Å². The average Bonchev–Trinajstić information content (AvgIpc) is 2.50. The molecule has 0 aromatic heterocycles. The van der Waals surface area contributed by atoms with Gasteiger partial charge in [-0.25, -0.2) is 8.78 Å². The predicted molar refractivity (Wildman–Crippen MR) is 54.4 cm³/mol. The lowest BCUT2D eigenvalue weighted by atomic mass is 10.2. The molecule has 1 aromatic carbocycles. The third-order valence-corrected chi connectivity index (χ3v) is 2.49. The Kier molecular flexibility index (Phi) is 2.41. The van der Waals surface area contributed by atoms with Gasteiger partial charge < -0.3 is 15.3 Å². The predicted octanol–water partition coefficient (Wildman–Crippen LogP) is 1.63. The Labute approximate surface area is 90.5 Å². The molecule has 2 N–H and O–H groups in total. The first-order valence-corrected chi connectivity index (χ1v) is 4.73. The Balaban J connectivity index is 2.46. The number of halogens is 2. The Morgan fingerprint density at radius 2 is 2.25 bits per heavy atom. The van der Waals surface area contributed by atoms with E-state index in [1.54, 1.807) is 6.92 Å². The lowest BCUT2D eigenvalue weighted by Crippen LogP contribution is -2.37. The van der Waals surface area contributed by atoms with Gasteiger partial charge in [0, 0.05) is 0 Å². The van der Waals surface area contributed by atoms with Crippen molar-refractivity contribution in [3.8, 4) is 0 Å². The third-order valence-electron chi connectivity index (χ3n) is 2.49. The molecular formula is C10H10F2N2O2. The number of carboxylic acids is 1. The monoisotopic (exact) mass is 228 g/mol. The Hall–Kier alpha value is -1.85. The van der Waals surface area contributed by atoms with Crippen molar-refractivity contribution in [3.05, 3.63) is 23.8 Å². The van der Waals surface area contributed by atoms with Crippen molar-refractivity contribution < 1.29 is 18.7 Å². The summed E-state index contributed by atoms with van der Waals surface area (Å²) in [6, 6.07) is 2.41. The van der Waals surface area contributed by atoms with Gasteiger partial charge in [0.05, 0.1) is 11.9 Å². The summed E-state index contributed by atoms with van der Waals surface area (Å²) in [5, 5.41) is 11.6. The molecule has 0 bridgehead atoms. The van der Waals surface area contributed by atoms with Crippen LogP contribution in [0.4, 0.5) is 20.2 Å². The van der Waals surface area contributed by atoms with E-state index in [4.69, 9.17) is 5.11 Å². The van der Waals surface area contributed by atoms with Gasteiger partial charge in [-0.1, -0.05) is 0 Å². The molecule has 1 aromatic rings. The van der Waals surface area contributed by atoms with Crippen LogP contribution >= 0.6 is 0 Å². The van der Waals surface area contributed by atoms with E-state index in [-0.39, 0.29) is 18.4 Å². The van der Waals surface area contributed by atoms with Crippen LogP contribution in [0.15, 0.2) is 12.1 Å². The van der Waals surface area contributed by atoms with Gasteiger partial charge in [-0.3, -0.25) is 4.79 Å². The fraction of sp³-hybridized carbons (Fsp3) is 0.300. The molecule has 1 aliphatic heterocycles. The van der Waals surface area contributed by atoms with E-state index in [0.29, 0.717) is 5.69 Å². The number of carbonyl (C=O) groups is 1. The van der Waals surface area contributed by atoms with Crippen LogP contribution in [0.3, 0.4) is 0 Å². The molecule has 2 rings (SSSR count). The van der Waals surface area contributed by atoms with Crippen molar-refractivity contribution in [2.75, 3.05) is 16.8 Å². The Bertz CT molecular complexity index is 451. The number of nitrogens with one attached hydrogen (secondary N) is 1. The quantitative estimate of drug-likeness (QED) is 0.807. The second-order valence-corrected chi connectivity index (χ2v) is 3.60. The summed E-state index contributed by atoms with van der Waals surface area (Å²) in [4.78, 5) is 11.9. The molecule has 0 amide bonds. The molecular weight excluding hydrogens is 218 g/mol. The number of benzene rings is 1. The van der Waals surface area contributed by atoms with Crippen LogP contribution in [-0.2, 0) is 4.79 Å². The van der Waals surface area contributed by atoms with Crippen LogP contribution in [0.25, 0.3) is 0 Å². The maximum atomic E-state index is 13.5. The van der Waals surface area contributed by atoms with Crippen LogP contribution in [0.5, 0.6) is 0 Å². The van der Waals surface area contributed by atoms with Crippen molar-refractivity contribution in [2.45, 2.75) is 13.1 Å². The van der Waals surface area contributed by atoms with Gasteiger partial charge in [0.25, 0.3) is 0 Å². The zero-order chi connectivity index (χ0) is 11.9. The lowest BCUT2D eigenvalue weighted by molar-refractivity contribution is -0.135. The topological polar surface area (TPSA) is 52.6 Å². The molecule has 1 aliphatic rings. The molecule has 6 heteroatoms. The maximum Gasteiger partial charge on any atom is 0.323 e. The standard InChI is InChI=1S/C10H10F2N2O2/c1-5-13-7-3-2-6(11)9(12)10(7)14(5)4-8(15)16/h2-3,5,13H,4H2,1H3,(H,15,16). The molecule has 86 valence electrons. The van der Waals surface area contributed by atoms with E-state index >= 15 is 0 Å². The molecule has 1 heterocycles. The van der Waals surface area contributed by atoms with Crippen LogP contribution in [0, 0.1) is 11.6 Å². The molecule has 0 aliphatic carbocycles. The number of hydrogen-bond acceptors (Lipinski definition) is 3. The van der Waals surface area contributed by atoms with Crippen molar-refractivity contribution in [1.29, 1.82) is 0 Å². The first kappa shape index (κ1) is 10.7. The normalized spacial score (nSPS) is 18.2. The van der Waals surface area contributed by atoms with Crippen LogP contribution in [-0.4, -0.2) is 23.8 Å². The summed E-state index contributed by atoms with van der Waals surface area (Å²) >= 11 is 0. The maximum absolute atomic E-state index is 13.5. The minimum absolute atomic E-state index is 0.0186. The van der Waals surface area contributed by atoms with E-state index in [0.717, 1.165) is 6.07 Å². The molecule has 0 fully saturated rings. The molecule has 0 saturated heterocycles. The van der Waals surface area contributed by atoms with Gasteiger partial charge in [0.15, 0.2) is 11.6 Å². The van der Waals surface area contributed by atoms with Crippen LogP contribution < -0.4 is 10.2 Å². The second-order valence-electron chi connectivity index (χ2n) is 3.60. The van der Waals surface area contributed by atoms with Gasteiger partial charge in [-0.05, 0) is 19.1 Å². The number of anilines is 2. The number of fused-ring (bicyclic) bond motifs is 1. The van der Waals surface area contributed by atoms with Crippen molar-refractivity contribution in [1.82, 2.24) is 0 Å². The molecule has 16 heavy (non-hydrogen) atoms. The zero-order valence-corrected chi connectivity index (χ0v) is 8.50. The molecule has 1 unspecified atom stereocenters. The van der Waals surface area contributed by atoms with Crippen molar-refractivity contribution >= 4 is 17.3 Å². The fourth-order valence-electron chi connectivity index (χ4n) is 1.80. The van der Waals surface area contributed by atoms with E-state index in [2.05, 4.69) is 5.32 Å². The summed E-state index contributed by atoms with van der Waals surface area (Å²) in [6.07, 6.45) is -0.373. The molecule has 4 nitrogen and oxygen atoms in total. The van der Waals surface area contributed by atoms with Gasteiger partial charge >= 0.3 is 5.97 Å². The Morgan fingerprint density at radius 3 is 2.88 bits per heavy atom. The molecule has 0 radical (unpaired) electrons. The number of nitrogens with zero attached hydrogens (tertiary/aromatic N) is 1. The van der Waals surface area contributed by atoms with E-state index in [1.807, 2.05) is 0 Å². The smallest absolute Gasteiger partial charge is 0.323 e. The minimum Gasteiger partial charge on any atom is -0.480 e. The average molecular weight is 228 g/mol. The summed E-state index contributed by atoms with van der Waals surface area (Å²) in [5.41, 5.74) is 0.391. The molecule has 0 saturated carbocycles. The van der Waals surface area contributed by atoms with E-state index in [9.17, 15) is 13.6 Å². The summed E-state index contributed by atoms with van der Waals surface area (Å²) in [6.45, 7) is 1.31. The van der Waals surface area contributed by atoms with Crippen molar-refractivity contribution in [3.63, 3.8) is 0 Å². The highest BCUT2D eigenvalue weighted by Crippen LogP contribution is 2.37. The molecule has 1 atom stereocenters. The number of hydrogen-bond donors (Lipinski definition) is 2. The highest BCUT2D eigenvalue weighted by atomic mass is 19.2. The van der Waals surface area contributed by atoms with Crippen molar-refractivity contribution in [2.24, 2.45) is 0 Å². The first-order valence-electron chi connectivity index (χ1n) is 4.73. The highest BCUT2D eigenvalue weighted by Gasteiger charge is 2.31. The van der Waals surface area contributed by atoms with Gasteiger partial charge in [-0.2, -0.15) is 0 Å². The zero-order valence-electron chi connectivity index (χ0n) is 8.50.